The highest BCUT2D eigenvalue weighted by Crippen LogP contribution is 2.36. The molecule has 0 bridgehead atoms. The number of hydrogen-bond acceptors (Lipinski definition) is 6. The highest BCUT2D eigenvalue weighted by atomic mass is 32.1. The number of carbonyl (C=O) groups is 1. The predicted octanol–water partition coefficient (Wildman–Crippen LogP) is 6.16. The van der Waals surface area contributed by atoms with Gasteiger partial charge in [-0.25, -0.2) is 0 Å². The second kappa shape index (κ2) is 10.9. The van der Waals surface area contributed by atoms with Gasteiger partial charge in [0.05, 0.1) is 19.7 Å². The molecule has 0 saturated carbocycles. The number of Topliss-reactive ketones (excluding diaryl/α,β-unsaturated/α-hetero) is 1. The van der Waals surface area contributed by atoms with Gasteiger partial charge in [0.25, 0.3) is 0 Å². The van der Waals surface area contributed by atoms with E-state index in [2.05, 4.69) is 4.98 Å². The molecule has 0 fully saturated rings. The molecule has 1 aromatic heterocycles. The van der Waals surface area contributed by atoms with Crippen molar-refractivity contribution in [3.8, 4) is 23.0 Å². The first-order valence-corrected chi connectivity index (χ1v) is 11.3. The standard InChI is InChI=1S/C28H25NO4S/c1-31-27-17-24-25(18-28(27)32-2)29-13-12-26(24)33-22-10-8-20(9-11-22)15-23(34)16-21(30)14-19-6-4-3-5-7-19/h3-13,17-18H,14-16H2,1-2H3. The molecule has 0 radical (unpaired) electrons. The second-order valence-electron chi connectivity index (χ2n) is 7.87. The molecular formula is C28H25NO4S. The van der Waals surface area contributed by atoms with Crippen LogP contribution in [0.1, 0.15) is 17.5 Å². The lowest BCUT2D eigenvalue weighted by molar-refractivity contribution is -0.117. The number of methoxy groups -OCH3 is 2. The third-order valence-electron chi connectivity index (χ3n) is 5.40. The highest BCUT2D eigenvalue weighted by molar-refractivity contribution is 7.80. The zero-order chi connectivity index (χ0) is 23.9. The van der Waals surface area contributed by atoms with Crippen LogP contribution in [0.5, 0.6) is 23.0 Å². The number of carbonyl (C=O) groups excluding carboxylic acids is 1. The van der Waals surface area contributed by atoms with Gasteiger partial charge in [0.2, 0.25) is 0 Å². The second-order valence-corrected chi connectivity index (χ2v) is 8.45. The van der Waals surface area contributed by atoms with E-state index in [0.717, 1.165) is 26.9 Å². The summed E-state index contributed by atoms with van der Waals surface area (Å²) in [5.74, 6) is 2.71. The van der Waals surface area contributed by atoms with Gasteiger partial charge < -0.3 is 14.2 Å². The van der Waals surface area contributed by atoms with E-state index in [0.29, 0.717) is 42.3 Å². The molecule has 0 aliphatic heterocycles. The Morgan fingerprint density at radius 1 is 0.824 bits per heavy atom. The summed E-state index contributed by atoms with van der Waals surface area (Å²) in [6, 6.07) is 23.0. The van der Waals surface area contributed by atoms with Gasteiger partial charge in [0.1, 0.15) is 17.3 Å². The third-order valence-corrected chi connectivity index (χ3v) is 5.69. The van der Waals surface area contributed by atoms with E-state index in [1.165, 1.54) is 0 Å². The Morgan fingerprint density at radius 3 is 2.21 bits per heavy atom. The van der Waals surface area contributed by atoms with Gasteiger partial charge in [-0.3, -0.25) is 9.78 Å². The van der Waals surface area contributed by atoms with Crippen molar-refractivity contribution in [2.45, 2.75) is 19.3 Å². The van der Waals surface area contributed by atoms with Gasteiger partial charge >= 0.3 is 0 Å². The van der Waals surface area contributed by atoms with E-state index in [1.54, 1.807) is 20.4 Å². The fourth-order valence-corrected chi connectivity index (χ4v) is 4.06. The molecule has 0 aliphatic rings. The van der Waals surface area contributed by atoms with Gasteiger partial charge in [-0.05, 0) is 35.4 Å². The van der Waals surface area contributed by atoms with Crippen LogP contribution in [-0.2, 0) is 17.6 Å². The minimum atomic E-state index is 0.132. The van der Waals surface area contributed by atoms with Crippen LogP contribution in [0.4, 0.5) is 0 Å². The summed E-state index contributed by atoms with van der Waals surface area (Å²) in [5.41, 5.74) is 2.80. The van der Waals surface area contributed by atoms with E-state index < -0.39 is 0 Å². The average molecular weight is 472 g/mol. The summed E-state index contributed by atoms with van der Waals surface area (Å²) in [6.45, 7) is 0. The molecule has 0 spiro atoms. The van der Waals surface area contributed by atoms with Gasteiger partial charge in [-0.15, -0.1) is 0 Å². The third kappa shape index (κ3) is 5.77. The summed E-state index contributed by atoms with van der Waals surface area (Å²) in [4.78, 5) is 17.5. The maximum absolute atomic E-state index is 12.3. The lowest BCUT2D eigenvalue weighted by Crippen LogP contribution is -2.10. The number of rotatable bonds is 10. The molecule has 5 nitrogen and oxygen atoms in total. The number of pyridine rings is 1. The lowest BCUT2D eigenvalue weighted by atomic mass is 10.0. The van der Waals surface area contributed by atoms with Crippen molar-refractivity contribution in [1.29, 1.82) is 0 Å². The largest absolute Gasteiger partial charge is 0.493 e. The summed E-state index contributed by atoms with van der Waals surface area (Å²) in [5, 5.41) is 0.822. The van der Waals surface area contributed by atoms with Crippen LogP contribution >= 0.6 is 12.2 Å². The molecule has 0 amide bonds. The molecule has 34 heavy (non-hydrogen) atoms. The number of hydrogen-bond donors (Lipinski definition) is 0. The Morgan fingerprint density at radius 2 is 1.50 bits per heavy atom. The first kappa shape index (κ1) is 23.4. The van der Waals surface area contributed by atoms with Crippen molar-refractivity contribution in [1.82, 2.24) is 4.98 Å². The molecule has 0 atom stereocenters. The number of ether oxygens (including phenoxy) is 3. The van der Waals surface area contributed by atoms with Crippen LogP contribution < -0.4 is 14.2 Å². The van der Waals surface area contributed by atoms with Crippen LogP contribution in [0.15, 0.2) is 79.0 Å². The van der Waals surface area contributed by atoms with Crippen LogP contribution in [0.25, 0.3) is 10.9 Å². The Hall–Kier alpha value is -3.77. The van der Waals surface area contributed by atoms with Crippen molar-refractivity contribution in [2.75, 3.05) is 14.2 Å². The van der Waals surface area contributed by atoms with E-state index in [4.69, 9.17) is 26.4 Å². The Labute approximate surface area is 204 Å². The normalized spacial score (nSPS) is 10.6. The Balaban J connectivity index is 1.40. The predicted molar refractivity (Wildman–Crippen MR) is 137 cm³/mol. The molecule has 1 heterocycles. The SMILES string of the molecule is COc1cc2nccc(Oc3ccc(CC(=S)CC(=O)Cc4ccccc4)cc3)c2cc1OC. The summed E-state index contributed by atoms with van der Waals surface area (Å²) >= 11 is 5.48. The lowest BCUT2D eigenvalue weighted by Gasteiger charge is -2.12. The molecular weight excluding hydrogens is 446 g/mol. The molecule has 3 aromatic carbocycles. The zero-order valence-corrected chi connectivity index (χ0v) is 19.9. The van der Waals surface area contributed by atoms with E-state index in [9.17, 15) is 4.79 Å². The van der Waals surface area contributed by atoms with Gasteiger partial charge in [0.15, 0.2) is 11.5 Å². The maximum atomic E-state index is 12.3. The van der Waals surface area contributed by atoms with Crippen molar-refractivity contribution < 1.29 is 19.0 Å². The van der Waals surface area contributed by atoms with E-state index in [1.807, 2.05) is 72.8 Å². The topological polar surface area (TPSA) is 57.7 Å². The van der Waals surface area contributed by atoms with Crippen LogP contribution in [0, 0.1) is 0 Å². The molecule has 0 saturated heterocycles. The minimum Gasteiger partial charge on any atom is -0.493 e. The molecule has 6 heteroatoms. The first-order chi connectivity index (χ1) is 16.6. The number of thiocarbonyl (C=S) groups is 1. The molecule has 4 rings (SSSR count). The van der Waals surface area contributed by atoms with Crippen molar-refractivity contribution in [3.63, 3.8) is 0 Å². The van der Waals surface area contributed by atoms with Gasteiger partial charge in [-0.1, -0.05) is 54.7 Å². The molecule has 0 unspecified atom stereocenters. The monoisotopic (exact) mass is 471 g/mol. The van der Waals surface area contributed by atoms with Crippen LogP contribution in [-0.4, -0.2) is 29.9 Å². The highest BCUT2D eigenvalue weighted by Gasteiger charge is 2.12. The van der Waals surface area contributed by atoms with Gasteiger partial charge in [-0.2, -0.15) is 0 Å². The fraction of sp³-hybridized carbons (Fsp3) is 0.179. The van der Waals surface area contributed by atoms with Crippen molar-refractivity contribution in [2.24, 2.45) is 0 Å². The van der Waals surface area contributed by atoms with Crippen molar-refractivity contribution >= 4 is 33.8 Å². The number of aromatic nitrogens is 1. The first-order valence-electron chi connectivity index (χ1n) is 10.9. The Bertz CT molecular complexity index is 1300. The Kier molecular flexibility index (Phi) is 7.50. The fourth-order valence-electron chi connectivity index (χ4n) is 3.73. The maximum Gasteiger partial charge on any atom is 0.162 e. The smallest absolute Gasteiger partial charge is 0.162 e. The van der Waals surface area contributed by atoms with Crippen LogP contribution in [0.2, 0.25) is 0 Å². The summed E-state index contributed by atoms with van der Waals surface area (Å²) in [6.07, 6.45) is 2.98. The number of nitrogens with zero attached hydrogens (tertiary/aromatic N) is 1. The summed E-state index contributed by atoms with van der Waals surface area (Å²) < 4.78 is 16.9. The average Bonchev–Trinajstić information content (AvgIpc) is 2.85. The summed E-state index contributed by atoms with van der Waals surface area (Å²) in [7, 11) is 3.19. The van der Waals surface area contributed by atoms with Gasteiger partial charge in [0, 0.05) is 41.8 Å². The molecule has 0 aliphatic carbocycles. The number of fused-ring (bicyclic) bond motifs is 1. The zero-order valence-electron chi connectivity index (χ0n) is 19.1. The van der Waals surface area contributed by atoms with E-state index in [-0.39, 0.29) is 5.78 Å². The quantitative estimate of drug-likeness (QED) is 0.258. The minimum absolute atomic E-state index is 0.132. The number of benzene rings is 3. The molecule has 4 aromatic rings. The van der Waals surface area contributed by atoms with Crippen LogP contribution in [0.3, 0.4) is 0 Å². The van der Waals surface area contributed by atoms with E-state index >= 15 is 0 Å². The number of ketones is 1. The van der Waals surface area contributed by atoms with Crippen molar-refractivity contribution in [3.05, 3.63) is 90.1 Å². The molecule has 172 valence electrons. The molecule has 0 N–H and O–H groups in total.